The van der Waals surface area contributed by atoms with Crippen molar-refractivity contribution in [2.45, 2.75) is 31.8 Å². The molecule has 3 aliphatic heterocycles. The van der Waals surface area contributed by atoms with Crippen LogP contribution >= 0.6 is 0 Å². The standard InChI is InChI=1S/C19H23N3O/c1-14-11-16-7-9-21(14)13-18(16)20-19(23)22-10-8-17(12-22)15-5-3-2-4-6-15/h2-6,8,10,12,14,16,18H,7,9,11,13H2,1H3,(H,20,23)/t14?,16?,18-/m0/s1. The van der Waals surface area contributed by atoms with Crippen molar-refractivity contribution in [3.63, 3.8) is 0 Å². The van der Waals surface area contributed by atoms with Gasteiger partial charge in [0.15, 0.2) is 0 Å². The maximum atomic E-state index is 12.5. The summed E-state index contributed by atoms with van der Waals surface area (Å²) >= 11 is 0. The predicted octanol–water partition coefficient (Wildman–Crippen LogP) is 3.20. The van der Waals surface area contributed by atoms with E-state index in [0.717, 1.165) is 17.7 Å². The number of aromatic nitrogens is 1. The van der Waals surface area contributed by atoms with E-state index in [1.54, 1.807) is 4.57 Å². The maximum absolute atomic E-state index is 12.5. The van der Waals surface area contributed by atoms with Crippen molar-refractivity contribution in [1.29, 1.82) is 0 Å². The number of amides is 1. The molecule has 2 aromatic rings. The van der Waals surface area contributed by atoms with Gasteiger partial charge in [-0.3, -0.25) is 9.47 Å². The molecule has 3 unspecified atom stereocenters. The monoisotopic (exact) mass is 309 g/mol. The SMILES string of the molecule is CC1CC2CCN1C[C@@H]2NC(=O)n1ccc(-c2ccccc2)c1. The number of benzene rings is 1. The minimum atomic E-state index is -0.0152. The van der Waals surface area contributed by atoms with Gasteiger partial charge in [-0.25, -0.2) is 4.79 Å². The number of hydrogen-bond donors (Lipinski definition) is 1. The van der Waals surface area contributed by atoms with E-state index in [1.807, 2.05) is 36.7 Å². The van der Waals surface area contributed by atoms with Crippen LogP contribution in [0.2, 0.25) is 0 Å². The normalized spacial score (nSPS) is 29.4. The van der Waals surface area contributed by atoms with Gasteiger partial charge in [0, 0.05) is 31.0 Å². The number of fused-ring (bicyclic) bond motifs is 3. The maximum Gasteiger partial charge on any atom is 0.325 e. The Bertz CT molecular complexity index is 694. The van der Waals surface area contributed by atoms with E-state index in [4.69, 9.17) is 0 Å². The van der Waals surface area contributed by atoms with Crippen molar-refractivity contribution < 1.29 is 4.79 Å². The summed E-state index contributed by atoms with van der Waals surface area (Å²) in [6, 6.07) is 13.1. The van der Waals surface area contributed by atoms with Gasteiger partial charge in [-0.15, -0.1) is 0 Å². The van der Waals surface area contributed by atoms with Crippen molar-refractivity contribution in [3.05, 3.63) is 48.8 Å². The molecule has 4 heteroatoms. The topological polar surface area (TPSA) is 37.3 Å². The van der Waals surface area contributed by atoms with E-state index < -0.39 is 0 Å². The van der Waals surface area contributed by atoms with Gasteiger partial charge in [0.1, 0.15) is 0 Å². The van der Waals surface area contributed by atoms with E-state index in [0.29, 0.717) is 12.0 Å². The van der Waals surface area contributed by atoms with Gasteiger partial charge in [-0.05, 0) is 49.4 Å². The van der Waals surface area contributed by atoms with Crippen LogP contribution in [-0.2, 0) is 0 Å². The number of nitrogens with one attached hydrogen (secondary N) is 1. The molecule has 0 radical (unpaired) electrons. The van der Waals surface area contributed by atoms with Crippen LogP contribution in [0.15, 0.2) is 48.8 Å². The second-order valence-electron chi connectivity index (χ2n) is 6.86. The number of rotatable bonds is 2. The van der Waals surface area contributed by atoms with E-state index in [9.17, 15) is 4.79 Å². The van der Waals surface area contributed by atoms with Gasteiger partial charge in [-0.1, -0.05) is 30.3 Å². The van der Waals surface area contributed by atoms with E-state index in [-0.39, 0.29) is 12.1 Å². The second kappa shape index (κ2) is 5.85. The highest BCUT2D eigenvalue weighted by molar-refractivity contribution is 5.79. The van der Waals surface area contributed by atoms with Crippen molar-refractivity contribution >= 4 is 6.03 Å². The van der Waals surface area contributed by atoms with E-state index in [2.05, 4.69) is 29.3 Å². The van der Waals surface area contributed by atoms with Gasteiger partial charge in [0.2, 0.25) is 0 Å². The van der Waals surface area contributed by atoms with E-state index in [1.165, 1.54) is 19.4 Å². The molecule has 3 saturated heterocycles. The average Bonchev–Trinajstić information content (AvgIpc) is 3.07. The lowest BCUT2D eigenvalue weighted by Gasteiger charge is -2.48. The molecule has 4 heterocycles. The third-order valence-electron chi connectivity index (χ3n) is 5.40. The first-order chi connectivity index (χ1) is 11.2. The zero-order valence-electron chi connectivity index (χ0n) is 13.5. The summed E-state index contributed by atoms with van der Waals surface area (Å²) in [5, 5.41) is 3.23. The molecule has 1 amide bonds. The lowest BCUT2D eigenvalue weighted by molar-refractivity contribution is 0.0322. The Hall–Kier alpha value is -2.07. The largest absolute Gasteiger partial charge is 0.333 e. The third kappa shape index (κ3) is 2.79. The van der Waals surface area contributed by atoms with Crippen LogP contribution in [0.1, 0.15) is 19.8 Å². The van der Waals surface area contributed by atoms with Crippen LogP contribution in [0.3, 0.4) is 0 Å². The molecule has 2 bridgehead atoms. The van der Waals surface area contributed by atoms with Gasteiger partial charge in [0.05, 0.1) is 0 Å². The van der Waals surface area contributed by atoms with Crippen LogP contribution in [0.5, 0.6) is 0 Å². The molecule has 1 aromatic heterocycles. The molecule has 120 valence electrons. The van der Waals surface area contributed by atoms with Crippen molar-refractivity contribution in [1.82, 2.24) is 14.8 Å². The summed E-state index contributed by atoms with van der Waals surface area (Å²) in [7, 11) is 0. The highest BCUT2D eigenvalue weighted by atomic mass is 16.2. The Kier molecular flexibility index (Phi) is 3.69. The summed E-state index contributed by atoms with van der Waals surface area (Å²) < 4.78 is 1.67. The van der Waals surface area contributed by atoms with E-state index >= 15 is 0 Å². The molecule has 4 atom stereocenters. The molecular formula is C19H23N3O. The van der Waals surface area contributed by atoms with Gasteiger partial charge in [-0.2, -0.15) is 0 Å². The minimum absolute atomic E-state index is 0.0152. The van der Waals surface area contributed by atoms with Crippen LogP contribution in [-0.4, -0.2) is 40.7 Å². The summed E-state index contributed by atoms with van der Waals surface area (Å²) in [4.78, 5) is 15.0. The Morgan fingerprint density at radius 3 is 2.70 bits per heavy atom. The zero-order chi connectivity index (χ0) is 15.8. The van der Waals surface area contributed by atoms with Gasteiger partial charge < -0.3 is 5.32 Å². The Morgan fingerprint density at radius 1 is 1.17 bits per heavy atom. The molecule has 4 nitrogen and oxygen atoms in total. The molecule has 5 rings (SSSR count). The van der Waals surface area contributed by atoms with Gasteiger partial charge >= 0.3 is 6.03 Å². The molecule has 3 aliphatic rings. The summed E-state index contributed by atoms with van der Waals surface area (Å²) in [5.41, 5.74) is 2.21. The highest BCUT2D eigenvalue weighted by Gasteiger charge is 2.38. The van der Waals surface area contributed by atoms with Crippen molar-refractivity contribution in [3.8, 4) is 11.1 Å². The minimum Gasteiger partial charge on any atom is -0.333 e. The predicted molar refractivity (Wildman–Crippen MR) is 91.3 cm³/mol. The lowest BCUT2D eigenvalue weighted by Crippen LogP contribution is -2.60. The van der Waals surface area contributed by atoms with Crippen LogP contribution in [0.4, 0.5) is 4.79 Å². The fourth-order valence-corrected chi connectivity index (χ4v) is 4.02. The first kappa shape index (κ1) is 14.5. The second-order valence-corrected chi connectivity index (χ2v) is 6.86. The molecule has 0 saturated carbocycles. The number of carbonyl (C=O) groups is 1. The number of nitrogens with zero attached hydrogens (tertiary/aromatic N) is 2. The average molecular weight is 309 g/mol. The number of hydrogen-bond acceptors (Lipinski definition) is 2. The number of piperidine rings is 3. The van der Waals surface area contributed by atoms with Crippen LogP contribution in [0.25, 0.3) is 11.1 Å². The Balaban J connectivity index is 1.45. The molecule has 0 spiro atoms. The summed E-state index contributed by atoms with van der Waals surface area (Å²) in [6.07, 6.45) is 6.17. The molecule has 0 aliphatic carbocycles. The highest BCUT2D eigenvalue weighted by Crippen LogP contribution is 2.32. The fourth-order valence-electron chi connectivity index (χ4n) is 4.02. The smallest absolute Gasteiger partial charge is 0.325 e. The first-order valence-corrected chi connectivity index (χ1v) is 8.49. The fraction of sp³-hybridized carbons (Fsp3) is 0.421. The Labute approximate surface area is 137 Å². The van der Waals surface area contributed by atoms with Crippen LogP contribution in [0, 0.1) is 5.92 Å². The summed E-state index contributed by atoms with van der Waals surface area (Å²) in [5.74, 6) is 0.628. The van der Waals surface area contributed by atoms with Crippen molar-refractivity contribution in [2.24, 2.45) is 5.92 Å². The molecule has 1 N–H and O–H groups in total. The molecule has 1 aromatic carbocycles. The third-order valence-corrected chi connectivity index (χ3v) is 5.40. The van der Waals surface area contributed by atoms with Gasteiger partial charge in [0.25, 0.3) is 0 Å². The van der Waals surface area contributed by atoms with Crippen molar-refractivity contribution in [2.75, 3.05) is 13.1 Å². The quantitative estimate of drug-likeness (QED) is 0.925. The first-order valence-electron chi connectivity index (χ1n) is 8.49. The molecule has 3 fully saturated rings. The molecular weight excluding hydrogens is 286 g/mol. The zero-order valence-corrected chi connectivity index (χ0v) is 13.5. The lowest BCUT2D eigenvalue weighted by atomic mass is 9.80. The summed E-state index contributed by atoms with van der Waals surface area (Å²) in [6.45, 7) is 4.46. The number of carbonyl (C=O) groups excluding carboxylic acids is 1. The Morgan fingerprint density at radius 2 is 2.00 bits per heavy atom. The van der Waals surface area contributed by atoms with Crippen LogP contribution < -0.4 is 5.32 Å². The molecule has 23 heavy (non-hydrogen) atoms.